The number of para-hydroxylation sites is 2. The summed E-state index contributed by atoms with van der Waals surface area (Å²) in [5.41, 5.74) is 17.0. The summed E-state index contributed by atoms with van der Waals surface area (Å²) >= 11 is 0. The summed E-state index contributed by atoms with van der Waals surface area (Å²) in [5, 5.41) is 23.3. The molecule has 22 rings (SSSR count). The van der Waals surface area contributed by atoms with Gasteiger partial charge in [0.2, 0.25) is 0 Å². The molecule has 0 N–H and O–H groups in total. The molecule has 498 valence electrons. The number of hydrogen-bond donors (Lipinski definition) is 0. The topological polar surface area (TPSA) is 13.1 Å². The van der Waals surface area contributed by atoms with E-state index >= 15 is 0 Å². The largest absolute Gasteiger partial charge is 0.455 e. The Labute approximate surface area is 630 Å². The van der Waals surface area contributed by atoms with Crippen molar-refractivity contribution < 1.29 is 14.0 Å². The van der Waals surface area contributed by atoms with Crippen LogP contribution in [0.25, 0.3) is 208 Å². The van der Waals surface area contributed by atoms with Crippen LogP contribution in [0.1, 0.15) is 9.60 Å². The molecule has 0 spiro atoms. The lowest BCUT2D eigenvalue weighted by atomic mass is 9.84. The van der Waals surface area contributed by atoms with Crippen LogP contribution in [-0.2, 0) is 0 Å². The first-order valence-corrected chi connectivity index (χ1v) is 36.4. The maximum Gasteiger partial charge on any atom is 0.143 e. The van der Waals surface area contributed by atoms with E-state index in [0.717, 1.165) is 71.3 Å². The van der Waals surface area contributed by atoms with Gasteiger partial charge in [-0.15, -0.1) is 0 Å². The van der Waals surface area contributed by atoms with Crippen LogP contribution in [0, 0.1) is 0 Å². The van der Waals surface area contributed by atoms with Crippen LogP contribution in [0.5, 0.6) is 0 Å². The van der Waals surface area contributed by atoms with Gasteiger partial charge < -0.3 is 4.42 Å². The van der Waals surface area contributed by atoms with Gasteiger partial charge in [0.25, 0.3) is 0 Å². The van der Waals surface area contributed by atoms with E-state index in [1.807, 2.05) is 66.7 Å². The second-order valence-corrected chi connectivity index (χ2v) is 27.3. The van der Waals surface area contributed by atoms with Crippen molar-refractivity contribution in [2.45, 2.75) is 0 Å². The van der Waals surface area contributed by atoms with Crippen LogP contribution < -0.4 is 0 Å². The zero-order valence-electron chi connectivity index (χ0n) is 65.1. The molecule has 0 saturated heterocycles. The molecule has 0 radical (unpaired) electrons. The number of furan rings is 1. The minimum Gasteiger partial charge on any atom is -0.455 e. The SMILES string of the molecule is [2H]c1c([2H])c([2H])c2c([2H])c(-c3c4ccccc4c(-c4ccc(-c5cccc6ccccc56)cc4)c4ccccc34)c([2H])c([2H])c2c1[2H].c1ccc(-c2c3ccccc3c(-c3cc4ccccc4c4ccccc34)c3ccccc23)cc1.c1ccc(-c2c3ccccc3c(-c3cccc4c3oc3ccccc34)c3ccccc23)cc1. The molecule has 1 heterocycles. The predicted octanol–water partition coefficient (Wildman–Crippen LogP) is 30.2. The summed E-state index contributed by atoms with van der Waals surface area (Å²) in [5.74, 6) is 0. The third kappa shape index (κ3) is 10.9. The van der Waals surface area contributed by atoms with Crippen molar-refractivity contribution in [2.24, 2.45) is 0 Å². The third-order valence-electron chi connectivity index (χ3n) is 21.4. The van der Waals surface area contributed by atoms with E-state index in [1.54, 1.807) is 0 Å². The number of benzene rings is 21. The monoisotopic (exact) mass is 1360 g/mol. The summed E-state index contributed by atoms with van der Waals surface area (Å²) in [6, 6.07) is 128. The molecule has 0 fully saturated rings. The van der Waals surface area contributed by atoms with Gasteiger partial charge in [-0.25, -0.2) is 0 Å². The fourth-order valence-electron chi connectivity index (χ4n) is 16.8. The molecule has 0 aliphatic rings. The summed E-state index contributed by atoms with van der Waals surface area (Å²) < 4.78 is 67.3. The fraction of sp³-hybridized carbons (Fsp3) is 0. The zero-order valence-corrected chi connectivity index (χ0v) is 58.1. The first-order valence-electron chi connectivity index (χ1n) is 39.9. The maximum absolute atomic E-state index is 9.30. The molecule has 0 bridgehead atoms. The highest BCUT2D eigenvalue weighted by Gasteiger charge is 2.23. The van der Waals surface area contributed by atoms with E-state index in [0.29, 0.717) is 5.56 Å². The van der Waals surface area contributed by atoms with Gasteiger partial charge in [0.1, 0.15) is 11.2 Å². The number of hydrogen-bond acceptors (Lipinski definition) is 1. The summed E-state index contributed by atoms with van der Waals surface area (Å²) in [6.07, 6.45) is 0. The summed E-state index contributed by atoms with van der Waals surface area (Å²) in [7, 11) is 0. The Kier molecular flexibility index (Phi) is 13.9. The molecule has 1 heteroatoms. The fourth-order valence-corrected chi connectivity index (χ4v) is 16.8. The Morgan fingerprint density at radius 1 is 0.178 bits per heavy atom. The van der Waals surface area contributed by atoms with Crippen LogP contribution in [-0.4, -0.2) is 0 Å². The highest BCUT2D eigenvalue weighted by Crippen LogP contribution is 2.50. The molecule has 1 nitrogen and oxygen atoms in total. The Bertz CT molecular complexity index is 7510. The lowest BCUT2D eigenvalue weighted by molar-refractivity contribution is 0.670. The highest BCUT2D eigenvalue weighted by atomic mass is 16.3. The van der Waals surface area contributed by atoms with Gasteiger partial charge in [-0.1, -0.05) is 394 Å². The van der Waals surface area contributed by atoms with Gasteiger partial charge in [0.15, 0.2) is 0 Å². The summed E-state index contributed by atoms with van der Waals surface area (Å²) in [4.78, 5) is 0. The van der Waals surface area contributed by atoms with Crippen LogP contribution in [0.4, 0.5) is 0 Å². The van der Waals surface area contributed by atoms with Crippen LogP contribution >= 0.6 is 0 Å². The van der Waals surface area contributed by atoms with Crippen LogP contribution in [0.2, 0.25) is 0 Å². The Balaban J connectivity index is 0.000000113. The zero-order chi connectivity index (χ0) is 76.8. The molecule has 0 saturated carbocycles. The van der Waals surface area contributed by atoms with Gasteiger partial charge in [0, 0.05) is 21.9 Å². The van der Waals surface area contributed by atoms with Gasteiger partial charge >= 0.3 is 0 Å². The van der Waals surface area contributed by atoms with Crippen molar-refractivity contribution in [2.75, 3.05) is 0 Å². The van der Waals surface area contributed by atoms with Gasteiger partial charge in [0.05, 0.1) is 9.60 Å². The Morgan fingerprint density at radius 3 is 1.05 bits per heavy atom. The Morgan fingerprint density at radius 2 is 0.523 bits per heavy atom. The quantitative estimate of drug-likeness (QED) is 0.114. The lowest BCUT2D eigenvalue weighted by Crippen LogP contribution is -1.92. The standard InChI is InChI=1S/C40H26.C34H22.C32H20O/c1-2-12-31-26-32(25-20-27(31)10-1)40-37-17-7-5-15-35(37)39(36-16-6-8-18-38(36)40)30-23-21-29(22-24-30)34-19-9-13-28-11-3-4-14-33(28)34;1-2-12-23(13-3-1)33-28-18-8-10-20-30(28)34(31-21-11-9-19-29(31)33)32-22-24-14-4-5-15-25(24)26-16-6-7-17-27(26)32;1-2-11-21(12-3-1)30-23-14-4-6-16-25(23)31(26-17-7-5-15-24(26)30)28-19-10-18-27-22-13-8-9-20-29(22)33-32(27)28/h1-26H;1-22H;1-20H/i1D,2D,10D,12D,20D,25D,26D;;. The maximum atomic E-state index is 9.30. The molecule has 0 amide bonds. The average Bonchev–Trinajstić information content (AvgIpc) is 0.864. The molecule has 21 aromatic carbocycles. The van der Waals surface area contributed by atoms with Crippen molar-refractivity contribution in [1.29, 1.82) is 0 Å². The second kappa shape index (κ2) is 26.7. The third-order valence-corrected chi connectivity index (χ3v) is 21.4. The van der Waals surface area contributed by atoms with Crippen LogP contribution in [0.3, 0.4) is 0 Å². The van der Waals surface area contributed by atoms with Gasteiger partial charge in [-0.05, 0) is 193 Å². The normalized spacial score (nSPS) is 12.5. The molecular formula is C106H68O. The van der Waals surface area contributed by atoms with E-state index in [2.05, 4.69) is 303 Å². The number of rotatable bonds is 7. The van der Waals surface area contributed by atoms with Crippen molar-refractivity contribution in [3.8, 4) is 77.9 Å². The lowest BCUT2D eigenvalue weighted by Gasteiger charge is -2.19. The van der Waals surface area contributed by atoms with Crippen molar-refractivity contribution >= 4 is 130 Å². The van der Waals surface area contributed by atoms with E-state index < -0.39 is 18.1 Å². The molecule has 107 heavy (non-hydrogen) atoms. The van der Waals surface area contributed by atoms with E-state index in [9.17, 15) is 1.37 Å². The molecule has 0 atom stereocenters. The van der Waals surface area contributed by atoms with Gasteiger partial charge in [-0.2, -0.15) is 0 Å². The van der Waals surface area contributed by atoms with Crippen molar-refractivity contribution in [3.63, 3.8) is 0 Å². The van der Waals surface area contributed by atoms with Crippen molar-refractivity contribution in [3.05, 3.63) is 412 Å². The average molecular weight is 1360 g/mol. The molecule has 1 aromatic heterocycles. The van der Waals surface area contributed by atoms with Crippen molar-refractivity contribution in [1.82, 2.24) is 0 Å². The first-order chi connectivity index (χ1) is 56.1. The minimum absolute atomic E-state index is 0.0479. The number of fused-ring (bicyclic) bond motifs is 14. The predicted molar refractivity (Wildman–Crippen MR) is 460 cm³/mol. The molecular weight excluding hydrogens is 1290 g/mol. The molecule has 0 aliphatic carbocycles. The van der Waals surface area contributed by atoms with E-state index in [4.69, 9.17) is 12.6 Å². The molecule has 22 aromatic rings. The van der Waals surface area contributed by atoms with Crippen LogP contribution in [0.15, 0.2) is 417 Å². The smallest absolute Gasteiger partial charge is 0.143 e. The molecule has 0 aliphatic heterocycles. The highest BCUT2D eigenvalue weighted by molar-refractivity contribution is 6.28. The van der Waals surface area contributed by atoms with Gasteiger partial charge in [-0.3, -0.25) is 0 Å². The van der Waals surface area contributed by atoms with E-state index in [1.165, 1.54) is 114 Å². The minimum atomic E-state index is -0.478. The molecule has 0 unspecified atom stereocenters. The van der Waals surface area contributed by atoms with E-state index in [-0.39, 0.29) is 40.5 Å². The first kappa shape index (κ1) is 55.6. The second-order valence-electron chi connectivity index (χ2n) is 27.3. The summed E-state index contributed by atoms with van der Waals surface area (Å²) in [6.45, 7) is 0. The Hall–Kier alpha value is -14.0.